The number of carbonyl (C=O) groups excluding carboxylic acids is 3. The summed E-state index contributed by atoms with van der Waals surface area (Å²) in [6.07, 6.45) is 9.46. The Morgan fingerprint density at radius 1 is 1.23 bits per heavy atom. The Labute approximate surface area is 186 Å². The van der Waals surface area contributed by atoms with E-state index in [-0.39, 0.29) is 5.91 Å². The highest BCUT2D eigenvalue weighted by molar-refractivity contribution is 7.16. The summed E-state index contributed by atoms with van der Waals surface area (Å²) < 4.78 is 5.83. The number of hydrogen-bond acceptors (Lipinski definition) is 7. The predicted octanol–water partition coefficient (Wildman–Crippen LogP) is 3.33. The van der Waals surface area contributed by atoms with Crippen LogP contribution in [0, 0.1) is 12.8 Å². The lowest BCUT2D eigenvalue weighted by atomic mass is 9.81. The summed E-state index contributed by atoms with van der Waals surface area (Å²) >= 11 is 1.26. The first-order valence-corrected chi connectivity index (χ1v) is 11.1. The van der Waals surface area contributed by atoms with Crippen molar-refractivity contribution in [1.29, 1.82) is 0 Å². The smallest absolute Gasteiger partial charge is 0.367 e. The third-order valence-electron chi connectivity index (χ3n) is 4.81. The zero-order chi connectivity index (χ0) is 22.9. The Bertz CT molecular complexity index is 851. The van der Waals surface area contributed by atoms with E-state index in [1.165, 1.54) is 18.4 Å². The second-order valence-corrected chi connectivity index (χ2v) is 8.04. The third kappa shape index (κ3) is 6.14. The number of anilines is 1. The summed E-state index contributed by atoms with van der Waals surface area (Å²) in [5.41, 5.74) is 1.66. The molecule has 2 rings (SSSR count). The molecule has 10 heteroatoms. The fraction of sp³-hybridized carbons (Fsp3) is 0.524. The Hall–Kier alpha value is -2.72. The molecule has 1 aliphatic carbocycles. The second-order valence-electron chi connectivity index (χ2n) is 7.04. The first kappa shape index (κ1) is 24.5. The fourth-order valence-electron chi connectivity index (χ4n) is 3.28. The first-order valence-electron chi connectivity index (χ1n) is 10.3. The number of nitrogens with zero attached hydrogens (tertiary/aromatic N) is 1. The molecular weight excluding hydrogens is 420 g/mol. The quantitative estimate of drug-likeness (QED) is 0.392. The number of hydrogen-bond donors (Lipinski definition) is 3. The number of allylic oxidation sites excluding steroid dienone is 2. The number of nitrogens with one attached hydrogen (secondary N) is 3. The number of hydroxylamine groups is 1. The number of aryl methyl sites for hydroxylation is 1. The largest absolute Gasteiger partial charge is 0.431 e. The molecule has 0 saturated heterocycles. The maximum absolute atomic E-state index is 12.8. The van der Waals surface area contributed by atoms with Gasteiger partial charge in [0.05, 0.1) is 16.5 Å². The minimum Gasteiger partial charge on any atom is -0.367 e. The van der Waals surface area contributed by atoms with Crippen LogP contribution in [0.3, 0.4) is 0 Å². The summed E-state index contributed by atoms with van der Waals surface area (Å²) in [4.78, 5) is 46.5. The SMILES string of the molecule is CCCCCC(=O)Nc1nc(C)c(C2(OC)C=CC=CC2C(=O)NOC(=O)NCC)s1. The molecule has 31 heavy (non-hydrogen) atoms. The van der Waals surface area contributed by atoms with Crippen LogP contribution in [0.1, 0.15) is 50.1 Å². The van der Waals surface area contributed by atoms with E-state index in [2.05, 4.69) is 28.0 Å². The molecule has 0 aromatic carbocycles. The van der Waals surface area contributed by atoms with Gasteiger partial charge >= 0.3 is 6.09 Å². The van der Waals surface area contributed by atoms with Crippen molar-refractivity contribution in [3.05, 3.63) is 34.9 Å². The minimum absolute atomic E-state index is 0.0936. The van der Waals surface area contributed by atoms with Crippen molar-refractivity contribution in [2.75, 3.05) is 19.0 Å². The van der Waals surface area contributed by atoms with E-state index in [0.717, 1.165) is 19.3 Å². The van der Waals surface area contributed by atoms with Crippen LogP contribution in [0.4, 0.5) is 9.93 Å². The Balaban J connectivity index is 2.22. The van der Waals surface area contributed by atoms with Gasteiger partial charge in [0, 0.05) is 20.1 Å². The van der Waals surface area contributed by atoms with Gasteiger partial charge in [-0.25, -0.2) is 9.78 Å². The van der Waals surface area contributed by atoms with Crippen molar-refractivity contribution in [2.24, 2.45) is 5.92 Å². The van der Waals surface area contributed by atoms with E-state index < -0.39 is 23.5 Å². The number of rotatable bonds is 9. The van der Waals surface area contributed by atoms with Gasteiger partial charge < -0.3 is 20.2 Å². The zero-order valence-corrected chi connectivity index (χ0v) is 19.1. The monoisotopic (exact) mass is 450 g/mol. The summed E-state index contributed by atoms with van der Waals surface area (Å²) in [5, 5.41) is 5.72. The number of carbonyl (C=O) groups is 3. The number of unbranched alkanes of at least 4 members (excludes halogenated alkanes) is 2. The highest BCUT2D eigenvalue weighted by atomic mass is 32.1. The predicted molar refractivity (Wildman–Crippen MR) is 118 cm³/mol. The van der Waals surface area contributed by atoms with Gasteiger partial charge in [-0.1, -0.05) is 49.3 Å². The van der Waals surface area contributed by atoms with Crippen LogP contribution in [0.5, 0.6) is 0 Å². The molecule has 0 fully saturated rings. The number of thiazole rings is 1. The maximum atomic E-state index is 12.8. The standard InChI is InChI=1S/C21H30N4O5S/c1-5-7-8-12-16(26)24-19-23-14(3)17(31-19)21(29-4)13-10-9-11-15(21)18(27)25-30-20(28)22-6-2/h9-11,13,15H,5-8,12H2,1-4H3,(H,22,28)(H,25,27)(H,23,24,26). The molecule has 0 radical (unpaired) electrons. The van der Waals surface area contributed by atoms with Crippen molar-refractivity contribution in [1.82, 2.24) is 15.8 Å². The highest BCUT2D eigenvalue weighted by Gasteiger charge is 2.46. The van der Waals surface area contributed by atoms with Crippen LogP contribution in [0.2, 0.25) is 0 Å². The van der Waals surface area contributed by atoms with Gasteiger partial charge in [-0.3, -0.25) is 9.59 Å². The molecule has 0 spiro atoms. The van der Waals surface area contributed by atoms with Gasteiger partial charge in [0.1, 0.15) is 5.60 Å². The molecule has 2 atom stereocenters. The van der Waals surface area contributed by atoms with Gasteiger partial charge in [-0.05, 0) is 26.3 Å². The topological polar surface area (TPSA) is 119 Å². The number of methoxy groups -OCH3 is 1. The molecule has 3 amide bonds. The van der Waals surface area contributed by atoms with E-state index in [4.69, 9.17) is 9.57 Å². The molecule has 1 aliphatic rings. The summed E-state index contributed by atoms with van der Waals surface area (Å²) in [6.45, 7) is 5.99. The maximum Gasteiger partial charge on any atom is 0.431 e. The van der Waals surface area contributed by atoms with Crippen molar-refractivity contribution in [3.8, 4) is 0 Å². The van der Waals surface area contributed by atoms with Crippen LogP contribution in [-0.4, -0.2) is 36.5 Å². The van der Waals surface area contributed by atoms with Gasteiger partial charge in [0.15, 0.2) is 5.13 Å². The zero-order valence-electron chi connectivity index (χ0n) is 18.3. The van der Waals surface area contributed by atoms with E-state index in [0.29, 0.717) is 28.7 Å². The summed E-state index contributed by atoms with van der Waals surface area (Å²) in [6, 6.07) is 0. The fourth-order valence-corrected chi connectivity index (χ4v) is 4.45. The minimum atomic E-state index is -1.16. The average Bonchev–Trinajstić information content (AvgIpc) is 3.12. The molecule has 3 N–H and O–H groups in total. The number of aromatic nitrogens is 1. The summed E-state index contributed by atoms with van der Waals surface area (Å²) in [5.74, 6) is -1.46. The summed E-state index contributed by atoms with van der Waals surface area (Å²) in [7, 11) is 1.50. The molecule has 0 bridgehead atoms. The lowest BCUT2D eigenvalue weighted by molar-refractivity contribution is -0.140. The van der Waals surface area contributed by atoms with Gasteiger partial charge in [-0.15, -0.1) is 0 Å². The average molecular weight is 451 g/mol. The Kier molecular flexibility index (Phi) is 9.20. The molecule has 0 saturated carbocycles. The normalized spacial score (nSPS) is 19.7. The van der Waals surface area contributed by atoms with E-state index in [1.807, 2.05) is 0 Å². The van der Waals surface area contributed by atoms with Crippen molar-refractivity contribution >= 4 is 34.4 Å². The number of ether oxygens (including phenoxy) is 1. The van der Waals surface area contributed by atoms with E-state index in [9.17, 15) is 14.4 Å². The van der Waals surface area contributed by atoms with E-state index in [1.54, 1.807) is 38.2 Å². The van der Waals surface area contributed by atoms with Gasteiger partial charge in [0.2, 0.25) is 5.91 Å². The number of amides is 3. The molecule has 9 nitrogen and oxygen atoms in total. The van der Waals surface area contributed by atoms with Crippen molar-refractivity contribution < 1.29 is 24.0 Å². The second kappa shape index (κ2) is 11.6. The lowest BCUT2D eigenvalue weighted by Crippen LogP contribution is -2.46. The van der Waals surface area contributed by atoms with Crippen LogP contribution in [0.25, 0.3) is 0 Å². The Morgan fingerprint density at radius 2 is 2.00 bits per heavy atom. The third-order valence-corrected chi connectivity index (χ3v) is 6.02. The molecule has 170 valence electrons. The van der Waals surface area contributed by atoms with Crippen LogP contribution < -0.4 is 16.1 Å². The van der Waals surface area contributed by atoms with Gasteiger partial charge in [0.25, 0.3) is 5.91 Å². The van der Waals surface area contributed by atoms with Crippen LogP contribution in [0.15, 0.2) is 24.3 Å². The molecule has 1 heterocycles. The lowest BCUT2D eigenvalue weighted by Gasteiger charge is -2.35. The Morgan fingerprint density at radius 3 is 2.68 bits per heavy atom. The molecule has 2 unspecified atom stereocenters. The first-order chi connectivity index (χ1) is 14.9. The van der Waals surface area contributed by atoms with Crippen molar-refractivity contribution in [2.45, 2.75) is 52.1 Å². The highest BCUT2D eigenvalue weighted by Crippen LogP contribution is 2.43. The molecular formula is C21H30N4O5S. The van der Waals surface area contributed by atoms with Crippen LogP contribution >= 0.6 is 11.3 Å². The van der Waals surface area contributed by atoms with Crippen molar-refractivity contribution in [3.63, 3.8) is 0 Å². The molecule has 0 aliphatic heterocycles. The van der Waals surface area contributed by atoms with Gasteiger partial charge in [-0.2, -0.15) is 5.48 Å². The molecule has 1 aromatic heterocycles. The van der Waals surface area contributed by atoms with Crippen LogP contribution in [-0.2, 0) is 24.8 Å². The molecule has 1 aromatic rings. The van der Waals surface area contributed by atoms with E-state index >= 15 is 0 Å².